The first-order valence-electron chi connectivity index (χ1n) is 11.1. The van der Waals surface area contributed by atoms with Gasteiger partial charge in [-0.2, -0.15) is 0 Å². The van der Waals surface area contributed by atoms with Crippen molar-refractivity contribution in [3.8, 4) is 11.5 Å². The van der Waals surface area contributed by atoms with Gasteiger partial charge >= 0.3 is 0 Å². The number of hydrogen-bond acceptors (Lipinski definition) is 6. The minimum atomic E-state index is -0.722. The monoisotopic (exact) mass is 441 g/mol. The highest BCUT2D eigenvalue weighted by atomic mass is 16.5. The summed E-state index contributed by atoms with van der Waals surface area (Å²) in [5.41, 5.74) is 0.648. The maximum Gasteiger partial charge on any atom is 0.274 e. The minimum absolute atomic E-state index is 0.0409. The molecule has 0 aliphatic carbocycles. The third-order valence-corrected chi connectivity index (χ3v) is 5.42. The third kappa shape index (κ3) is 6.38. The summed E-state index contributed by atoms with van der Waals surface area (Å²) in [5, 5.41) is 12.4. The van der Waals surface area contributed by atoms with Crippen molar-refractivity contribution in [3.63, 3.8) is 0 Å². The van der Waals surface area contributed by atoms with Crippen molar-refractivity contribution in [1.29, 1.82) is 0 Å². The Morgan fingerprint density at radius 2 is 2.06 bits per heavy atom. The second kappa shape index (κ2) is 10.9. The van der Waals surface area contributed by atoms with Crippen LogP contribution in [-0.2, 0) is 9.59 Å². The second-order valence-corrected chi connectivity index (χ2v) is 8.72. The summed E-state index contributed by atoms with van der Waals surface area (Å²) in [6.07, 6.45) is 4.43. The number of aromatic nitrogens is 2. The van der Waals surface area contributed by atoms with Gasteiger partial charge < -0.3 is 20.5 Å². The smallest absolute Gasteiger partial charge is 0.274 e. The van der Waals surface area contributed by atoms with Crippen molar-refractivity contribution in [1.82, 2.24) is 26.1 Å². The van der Waals surface area contributed by atoms with Gasteiger partial charge in [-0.3, -0.25) is 19.4 Å². The molecule has 1 fully saturated rings. The Morgan fingerprint density at radius 1 is 1.25 bits per heavy atom. The Morgan fingerprint density at radius 3 is 2.75 bits per heavy atom. The van der Waals surface area contributed by atoms with E-state index in [0.717, 1.165) is 12.8 Å². The van der Waals surface area contributed by atoms with Gasteiger partial charge in [-0.1, -0.05) is 25.1 Å². The largest absolute Gasteiger partial charge is 0.356 e. The number of pyridine rings is 1. The third-order valence-electron chi connectivity index (χ3n) is 5.42. The van der Waals surface area contributed by atoms with E-state index < -0.39 is 11.9 Å². The first-order chi connectivity index (χ1) is 15.3. The van der Waals surface area contributed by atoms with E-state index in [1.54, 1.807) is 18.3 Å². The molecule has 0 aromatic carbocycles. The molecular formula is C23H31N5O4. The number of amides is 3. The van der Waals surface area contributed by atoms with Crippen LogP contribution in [0.2, 0.25) is 0 Å². The van der Waals surface area contributed by atoms with Crippen LogP contribution >= 0.6 is 0 Å². The summed E-state index contributed by atoms with van der Waals surface area (Å²) in [4.78, 5) is 41.8. The minimum Gasteiger partial charge on any atom is -0.356 e. The highest BCUT2D eigenvalue weighted by Gasteiger charge is 2.28. The van der Waals surface area contributed by atoms with Crippen LogP contribution in [0.4, 0.5) is 0 Å². The van der Waals surface area contributed by atoms with Crippen molar-refractivity contribution >= 4 is 17.7 Å². The second-order valence-electron chi connectivity index (χ2n) is 8.72. The summed E-state index contributed by atoms with van der Waals surface area (Å²) in [6, 6.07) is 5.94. The van der Waals surface area contributed by atoms with Crippen LogP contribution in [0.3, 0.4) is 0 Å². The molecule has 32 heavy (non-hydrogen) atoms. The SMILES string of the molecule is CC(C)C[C@H](NC(=O)c1cc(-c2ccccn2)on1)C(=O)N[C@H](C)C[C@@H]1CCCNC1=O. The lowest BCUT2D eigenvalue weighted by Gasteiger charge is -2.26. The molecule has 0 radical (unpaired) electrons. The molecule has 3 N–H and O–H groups in total. The molecule has 1 aliphatic heterocycles. The average Bonchev–Trinajstić information content (AvgIpc) is 3.25. The zero-order chi connectivity index (χ0) is 23.1. The van der Waals surface area contributed by atoms with Gasteiger partial charge in [0.05, 0.1) is 0 Å². The molecule has 2 aromatic heterocycles. The molecule has 1 saturated heterocycles. The molecule has 2 aromatic rings. The molecule has 3 atom stereocenters. The van der Waals surface area contributed by atoms with E-state index in [9.17, 15) is 14.4 Å². The average molecular weight is 442 g/mol. The van der Waals surface area contributed by atoms with E-state index in [1.165, 1.54) is 6.07 Å². The van der Waals surface area contributed by atoms with Gasteiger partial charge in [-0.05, 0) is 50.7 Å². The van der Waals surface area contributed by atoms with Crippen molar-refractivity contribution in [2.45, 2.75) is 58.5 Å². The first kappa shape index (κ1) is 23.4. The lowest BCUT2D eigenvalue weighted by molar-refractivity contribution is -0.128. The van der Waals surface area contributed by atoms with Crippen LogP contribution in [0.15, 0.2) is 35.0 Å². The summed E-state index contributed by atoms with van der Waals surface area (Å²) in [5.74, 6) is -0.261. The number of carbonyl (C=O) groups excluding carboxylic acids is 3. The van der Waals surface area contributed by atoms with E-state index in [0.29, 0.717) is 30.8 Å². The quantitative estimate of drug-likeness (QED) is 0.548. The fourth-order valence-corrected chi connectivity index (χ4v) is 3.84. The molecule has 0 bridgehead atoms. The van der Waals surface area contributed by atoms with Crippen molar-refractivity contribution in [3.05, 3.63) is 36.2 Å². The zero-order valence-electron chi connectivity index (χ0n) is 18.8. The predicted octanol–water partition coefficient (Wildman–Crippen LogP) is 2.30. The molecule has 3 heterocycles. The summed E-state index contributed by atoms with van der Waals surface area (Å²) in [6.45, 7) is 6.56. The Balaban J connectivity index is 1.61. The van der Waals surface area contributed by atoms with Crippen LogP contribution < -0.4 is 16.0 Å². The van der Waals surface area contributed by atoms with E-state index in [-0.39, 0.29) is 35.4 Å². The Hall–Kier alpha value is -3.23. The van der Waals surface area contributed by atoms with Crippen LogP contribution in [0.1, 0.15) is 56.9 Å². The topological polar surface area (TPSA) is 126 Å². The summed E-state index contributed by atoms with van der Waals surface area (Å²) >= 11 is 0. The highest BCUT2D eigenvalue weighted by Crippen LogP contribution is 2.19. The predicted molar refractivity (Wildman–Crippen MR) is 118 cm³/mol. The van der Waals surface area contributed by atoms with Crippen molar-refractivity contribution < 1.29 is 18.9 Å². The van der Waals surface area contributed by atoms with Crippen LogP contribution in [0.25, 0.3) is 11.5 Å². The number of piperidine rings is 1. The number of hydrogen-bond donors (Lipinski definition) is 3. The van der Waals surface area contributed by atoms with E-state index in [1.807, 2.05) is 26.8 Å². The molecule has 3 amide bonds. The van der Waals surface area contributed by atoms with Crippen molar-refractivity contribution in [2.24, 2.45) is 11.8 Å². The fraction of sp³-hybridized carbons (Fsp3) is 0.522. The van der Waals surface area contributed by atoms with Gasteiger partial charge in [0, 0.05) is 30.8 Å². The molecule has 1 aliphatic rings. The maximum absolute atomic E-state index is 12.9. The van der Waals surface area contributed by atoms with E-state index in [2.05, 4.69) is 26.1 Å². The number of rotatable bonds is 9. The van der Waals surface area contributed by atoms with Crippen LogP contribution in [0.5, 0.6) is 0 Å². The Kier molecular flexibility index (Phi) is 7.97. The van der Waals surface area contributed by atoms with Gasteiger partial charge in [-0.15, -0.1) is 0 Å². The van der Waals surface area contributed by atoms with E-state index >= 15 is 0 Å². The molecule has 0 unspecified atom stereocenters. The van der Waals surface area contributed by atoms with Gasteiger partial charge in [0.15, 0.2) is 11.5 Å². The zero-order valence-corrected chi connectivity index (χ0v) is 18.8. The van der Waals surface area contributed by atoms with Gasteiger partial charge in [-0.25, -0.2) is 0 Å². The lowest BCUT2D eigenvalue weighted by atomic mass is 9.92. The van der Waals surface area contributed by atoms with Crippen LogP contribution in [-0.4, -0.2) is 46.5 Å². The highest BCUT2D eigenvalue weighted by molar-refractivity contribution is 5.96. The number of nitrogens with one attached hydrogen (secondary N) is 3. The molecule has 9 nitrogen and oxygen atoms in total. The lowest BCUT2D eigenvalue weighted by Crippen LogP contribution is -2.50. The normalized spacial score (nSPS) is 18.0. The summed E-state index contributed by atoms with van der Waals surface area (Å²) in [7, 11) is 0. The van der Waals surface area contributed by atoms with Gasteiger partial charge in [0.2, 0.25) is 11.8 Å². The molecule has 172 valence electrons. The first-order valence-corrected chi connectivity index (χ1v) is 11.1. The molecular weight excluding hydrogens is 410 g/mol. The molecule has 0 spiro atoms. The standard InChI is InChI=1S/C23H31N5O4/c1-14(2)11-18(22(30)26-15(3)12-16-7-6-10-25-21(16)29)27-23(31)19-13-20(32-28-19)17-8-4-5-9-24-17/h4-5,8-9,13-16,18H,6-7,10-12H2,1-3H3,(H,25,29)(H,26,30)(H,27,31)/t15-,16+,18+/m1/s1. The number of nitrogens with zero attached hydrogens (tertiary/aromatic N) is 2. The van der Waals surface area contributed by atoms with E-state index in [4.69, 9.17) is 4.52 Å². The molecule has 3 rings (SSSR count). The van der Waals surface area contributed by atoms with Gasteiger partial charge in [0.25, 0.3) is 5.91 Å². The molecule has 0 saturated carbocycles. The summed E-state index contributed by atoms with van der Waals surface area (Å²) < 4.78 is 5.24. The molecule has 9 heteroatoms. The number of carbonyl (C=O) groups is 3. The van der Waals surface area contributed by atoms with Gasteiger partial charge in [0.1, 0.15) is 11.7 Å². The Bertz CT molecular complexity index is 927. The van der Waals surface area contributed by atoms with Crippen molar-refractivity contribution in [2.75, 3.05) is 6.54 Å². The van der Waals surface area contributed by atoms with Crippen LogP contribution in [0, 0.1) is 11.8 Å². The maximum atomic E-state index is 12.9. The fourth-order valence-electron chi connectivity index (χ4n) is 3.84. The Labute approximate surface area is 187 Å².